The van der Waals surface area contributed by atoms with E-state index in [9.17, 15) is 4.79 Å². The number of carbonyl (C=O) groups excluding carboxylic acids is 1. The van der Waals surface area contributed by atoms with E-state index in [-0.39, 0.29) is 18.3 Å². The first kappa shape index (κ1) is 12.4. The topological polar surface area (TPSA) is 44.8 Å². The third-order valence-corrected chi connectivity index (χ3v) is 2.75. The molecule has 0 heterocycles. The first-order valence-electron chi connectivity index (χ1n) is 4.98. The lowest BCUT2D eigenvalue weighted by Crippen LogP contribution is -2.43. The number of rotatable bonds is 5. The monoisotopic (exact) mass is 214 g/mol. The van der Waals surface area contributed by atoms with Crippen molar-refractivity contribution in [3.05, 3.63) is 11.6 Å². The van der Waals surface area contributed by atoms with Gasteiger partial charge in [0.1, 0.15) is 18.5 Å². The van der Waals surface area contributed by atoms with Crippen LogP contribution in [0.5, 0.6) is 0 Å². The molecule has 0 spiro atoms. The molecule has 0 aliphatic heterocycles. The molecule has 0 N–H and O–H groups in total. The van der Waals surface area contributed by atoms with Crippen molar-refractivity contribution < 1.29 is 19.0 Å². The molecule has 1 aliphatic carbocycles. The summed E-state index contributed by atoms with van der Waals surface area (Å²) < 4.78 is 16.0. The van der Waals surface area contributed by atoms with Crippen molar-refractivity contribution in [1.82, 2.24) is 0 Å². The first-order chi connectivity index (χ1) is 7.26. The lowest BCUT2D eigenvalue weighted by Gasteiger charge is -2.34. The molecule has 1 aliphatic rings. The summed E-state index contributed by atoms with van der Waals surface area (Å²) >= 11 is 0. The minimum Gasteiger partial charge on any atom is -0.378 e. The van der Waals surface area contributed by atoms with Crippen molar-refractivity contribution in [2.24, 2.45) is 0 Å². The molecular weight excluding hydrogens is 196 g/mol. The Kier molecular flexibility index (Phi) is 4.94. The molecule has 4 heteroatoms. The zero-order valence-corrected chi connectivity index (χ0v) is 9.43. The van der Waals surface area contributed by atoms with Gasteiger partial charge in [-0.25, -0.2) is 0 Å². The van der Waals surface area contributed by atoms with E-state index >= 15 is 0 Å². The smallest absolute Gasteiger partial charge is 0.124 e. The molecule has 15 heavy (non-hydrogen) atoms. The van der Waals surface area contributed by atoms with Gasteiger partial charge in [-0.1, -0.05) is 11.6 Å². The third-order valence-electron chi connectivity index (χ3n) is 2.75. The normalized spacial score (nSPS) is 31.1. The second kappa shape index (κ2) is 6.00. The van der Waals surface area contributed by atoms with E-state index in [1.807, 2.05) is 6.08 Å². The molecule has 0 bridgehead atoms. The van der Waals surface area contributed by atoms with Gasteiger partial charge in [0.05, 0.1) is 6.10 Å². The zero-order chi connectivity index (χ0) is 11.3. The average Bonchev–Trinajstić information content (AvgIpc) is 2.28. The standard InChI is InChI=1S/C11H18O4/c1-13-9-6-8(4-5-12)7-10(14-2)11(9)15-3/h5-6,9-11H,4,7H2,1-3H3. The minimum atomic E-state index is -0.136. The predicted octanol–water partition coefficient (Wildman–Crippen LogP) is 0.950. The van der Waals surface area contributed by atoms with Crippen LogP contribution in [0.4, 0.5) is 0 Å². The fourth-order valence-corrected chi connectivity index (χ4v) is 1.95. The van der Waals surface area contributed by atoms with Crippen LogP contribution >= 0.6 is 0 Å². The summed E-state index contributed by atoms with van der Waals surface area (Å²) in [7, 11) is 4.91. The van der Waals surface area contributed by atoms with Crippen LogP contribution in [0.3, 0.4) is 0 Å². The summed E-state index contributed by atoms with van der Waals surface area (Å²) in [4.78, 5) is 10.5. The van der Waals surface area contributed by atoms with Gasteiger partial charge < -0.3 is 19.0 Å². The highest BCUT2D eigenvalue weighted by Gasteiger charge is 2.33. The van der Waals surface area contributed by atoms with Crippen LogP contribution in [0.25, 0.3) is 0 Å². The van der Waals surface area contributed by atoms with Crippen molar-refractivity contribution in [2.75, 3.05) is 21.3 Å². The molecular formula is C11H18O4. The van der Waals surface area contributed by atoms with E-state index in [1.54, 1.807) is 21.3 Å². The lowest BCUT2D eigenvalue weighted by atomic mass is 9.90. The molecule has 86 valence electrons. The Bertz CT molecular complexity index is 237. The van der Waals surface area contributed by atoms with Crippen molar-refractivity contribution in [1.29, 1.82) is 0 Å². The Morgan fingerprint density at radius 3 is 2.53 bits per heavy atom. The number of carbonyl (C=O) groups is 1. The number of methoxy groups -OCH3 is 3. The second-order valence-electron chi connectivity index (χ2n) is 3.57. The Hall–Kier alpha value is -0.710. The molecule has 0 aromatic rings. The predicted molar refractivity (Wildman–Crippen MR) is 55.8 cm³/mol. The maximum atomic E-state index is 10.5. The van der Waals surface area contributed by atoms with Crippen LogP contribution in [0.15, 0.2) is 11.6 Å². The van der Waals surface area contributed by atoms with Gasteiger partial charge in [0.25, 0.3) is 0 Å². The second-order valence-corrected chi connectivity index (χ2v) is 3.57. The summed E-state index contributed by atoms with van der Waals surface area (Å²) in [5, 5.41) is 0. The van der Waals surface area contributed by atoms with Gasteiger partial charge in [-0.3, -0.25) is 0 Å². The van der Waals surface area contributed by atoms with Crippen LogP contribution in [0.1, 0.15) is 12.8 Å². The zero-order valence-electron chi connectivity index (χ0n) is 9.43. The third kappa shape index (κ3) is 2.87. The van der Waals surface area contributed by atoms with E-state index in [0.717, 1.165) is 18.3 Å². The van der Waals surface area contributed by atoms with Crippen molar-refractivity contribution in [2.45, 2.75) is 31.2 Å². The van der Waals surface area contributed by atoms with Gasteiger partial charge in [0.15, 0.2) is 0 Å². The Morgan fingerprint density at radius 1 is 1.33 bits per heavy atom. The van der Waals surface area contributed by atoms with Gasteiger partial charge in [0.2, 0.25) is 0 Å². The molecule has 4 nitrogen and oxygen atoms in total. The summed E-state index contributed by atoms with van der Waals surface area (Å²) in [6.45, 7) is 0. The summed E-state index contributed by atoms with van der Waals surface area (Å²) in [5.74, 6) is 0. The van der Waals surface area contributed by atoms with Crippen LogP contribution in [-0.2, 0) is 19.0 Å². The molecule has 0 aromatic heterocycles. The minimum absolute atomic E-state index is 0.0418. The van der Waals surface area contributed by atoms with Crippen molar-refractivity contribution in [3.8, 4) is 0 Å². The van der Waals surface area contributed by atoms with E-state index in [4.69, 9.17) is 14.2 Å². The van der Waals surface area contributed by atoms with E-state index < -0.39 is 0 Å². The van der Waals surface area contributed by atoms with Gasteiger partial charge in [-0.15, -0.1) is 0 Å². The quantitative estimate of drug-likeness (QED) is 0.505. The fourth-order valence-electron chi connectivity index (χ4n) is 1.95. The Labute approximate surface area is 90.2 Å². The molecule has 0 aromatic carbocycles. The van der Waals surface area contributed by atoms with Crippen LogP contribution < -0.4 is 0 Å². The SMILES string of the molecule is COC1C=C(CC=O)CC(OC)C1OC. The van der Waals surface area contributed by atoms with Crippen molar-refractivity contribution in [3.63, 3.8) is 0 Å². The number of hydrogen-bond donors (Lipinski definition) is 0. The van der Waals surface area contributed by atoms with Crippen LogP contribution in [-0.4, -0.2) is 45.9 Å². The van der Waals surface area contributed by atoms with Gasteiger partial charge in [-0.2, -0.15) is 0 Å². The first-order valence-corrected chi connectivity index (χ1v) is 4.98. The summed E-state index contributed by atoms with van der Waals surface area (Å²) in [6, 6.07) is 0. The number of aldehydes is 1. The molecule has 0 radical (unpaired) electrons. The van der Waals surface area contributed by atoms with E-state index in [0.29, 0.717) is 6.42 Å². The van der Waals surface area contributed by atoms with E-state index in [2.05, 4.69) is 0 Å². The maximum absolute atomic E-state index is 10.5. The average molecular weight is 214 g/mol. The van der Waals surface area contributed by atoms with Gasteiger partial charge in [0, 0.05) is 27.8 Å². The highest BCUT2D eigenvalue weighted by Crippen LogP contribution is 2.26. The van der Waals surface area contributed by atoms with Gasteiger partial charge >= 0.3 is 0 Å². The summed E-state index contributed by atoms with van der Waals surface area (Å²) in [5.41, 5.74) is 1.05. The Morgan fingerprint density at radius 2 is 2.07 bits per heavy atom. The Balaban J connectivity index is 2.80. The lowest BCUT2D eigenvalue weighted by molar-refractivity contribution is -0.108. The molecule has 3 atom stereocenters. The van der Waals surface area contributed by atoms with E-state index in [1.165, 1.54) is 0 Å². The van der Waals surface area contributed by atoms with Crippen molar-refractivity contribution >= 4 is 6.29 Å². The fraction of sp³-hybridized carbons (Fsp3) is 0.727. The highest BCUT2D eigenvalue weighted by atomic mass is 16.6. The molecule has 0 amide bonds. The molecule has 0 saturated heterocycles. The number of ether oxygens (including phenoxy) is 3. The van der Waals surface area contributed by atoms with Crippen LogP contribution in [0.2, 0.25) is 0 Å². The molecule has 0 saturated carbocycles. The largest absolute Gasteiger partial charge is 0.378 e. The number of hydrogen-bond acceptors (Lipinski definition) is 4. The molecule has 3 unspecified atom stereocenters. The summed E-state index contributed by atoms with van der Waals surface area (Å²) in [6.07, 6.45) is 3.75. The van der Waals surface area contributed by atoms with Gasteiger partial charge in [-0.05, 0) is 6.42 Å². The van der Waals surface area contributed by atoms with Crippen LogP contribution in [0, 0.1) is 0 Å². The maximum Gasteiger partial charge on any atom is 0.124 e. The highest BCUT2D eigenvalue weighted by molar-refractivity contribution is 5.54. The molecule has 1 rings (SSSR count). The molecule has 0 fully saturated rings.